The Bertz CT molecular complexity index is 1270. The van der Waals surface area contributed by atoms with Crippen LogP contribution in [0, 0.1) is 0 Å². The molecule has 1 unspecified atom stereocenters. The highest BCUT2D eigenvalue weighted by atomic mass is 35.5. The lowest BCUT2D eigenvalue weighted by Crippen LogP contribution is -2.49. The van der Waals surface area contributed by atoms with Crippen LogP contribution in [0.3, 0.4) is 0 Å². The Labute approximate surface area is 217 Å². The molecule has 2 aliphatic rings. The number of aryl methyl sites for hydroxylation is 1. The summed E-state index contributed by atoms with van der Waals surface area (Å²) in [6.45, 7) is 1.35. The molecule has 5 rings (SSSR count). The van der Waals surface area contributed by atoms with E-state index in [1.807, 2.05) is 18.2 Å². The van der Waals surface area contributed by atoms with E-state index in [1.54, 1.807) is 7.05 Å². The van der Waals surface area contributed by atoms with Crippen molar-refractivity contribution in [1.82, 2.24) is 19.8 Å². The smallest absolute Gasteiger partial charge is 0.243 e. The van der Waals surface area contributed by atoms with Gasteiger partial charge in [-0.15, -0.1) is 12.4 Å². The first-order chi connectivity index (χ1) is 16.4. The first kappa shape index (κ1) is 26.0. The van der Waals surface area contributed by atoms with E-state index in [1.165, 1.54) is 40.2 Å². The number of ether oxygens (including phenoxy) is 1. The van der Waals surface area contributed by atoms with E-state index in [9.17, 15) is 8.42 Å². The van der Waals surface area contributed by atoms with Crippen molar-refractivity contribution in [2.75, 3.05) is 19.7 Å². The van der Waals surface area contributed by atoms with Gasteiger partial charge in [-0.3, -0.25) is 4.68 Å². The lowest BCUT2D eigenvalue weighted by atomic mass is 9.58. The summed E-state index contributed by atoms with van der Waals surface area (Å²) in [5.41, 5.74) is 3.99. The minimum atomic E-state index is -3.60. The van der Waals surface area contributed by atoms with Crippen LogP contribution >= 0.6 is 24.0 Å². The van der Waals surface area contributed by atoms with Gasteiger partial charge in [-0.1, -0.05) is 36.2 Å². The van der Waals surface area contributed by atoms with Gasteiger partial charge in [0.15, 0.2) is 0 Å². The number of sulfonamides is 1. The van der Waals surface area contributed by atoms with Gasteiger partial charge in [-0.05, 0) is 66.8 Å². The highest BCUT2D eigenvalue weighted by Gasteiger charge is 2.47. The lowest BCUT2D eigenvalue weighted by Gasteiger charge is -2.50. The molecule has 2 aromatic carbocycles. The van der Waals surface area contributed by atoms with Crippen molar-refractivity contribution in [1.29, 1.82) is 0 Å². The van der Waals surface area contributed by atoms with Crippen molar-refractivity contribution in [2.24, 2.45) is 7.05 Å². The Morgan fingerprint density at radius 3 is 2.66 bits per heavy atom. The Morgan fingerprint density at radius 1 is 1.23 bits per heavy atom. The van der Waals surface area contributed by atoms with Gasteiger partial charge in [-0.2, -0.15) is 5.10 Å². The van der Waals surface area contributed by atoms with Gasteiger partial charge in [0.25, 0.3) is 0 Å². The van der Waals surface area contributed by atoms with E-state index < -0.39 is 10.0 Å². The summed E-state index contributed by atoms with van der Waals surface area (Å²) >= 11 is 6.16. The van der Waals surface area contributed by atoms with Crippen molar-refractivity contribution in [3.63, 3.8) is 0 Å². The van der Waals surface area contributed by atoms with Crippen LogP contribution in [0.5, 0.6) is 5.75 Å². The number of halogens is 2. The van der Waals surface area contributed by atoms with Crippen LogP contribution in [-0.2, 0) is 28.9 Å². The zero-order valence-corrected chi connectivity index (χ0v) is 21.9. The molecular weight excluding hydrogens is 507 g/mol. The Hall–Kier alpha value is -2.10. The molecule has 3 aromatic rings. The van der Waals surface area contributed by atoms with Gasteiger partial charge in [-0.25, -0.2) is 13.1 Å². The molecule has 1 atom stereocenters. The summed E-state index contributed by atoms with van der Waals surface area (Å²) in [5, 5.41) is 8.45. The van der Waals surface area contributed by atoms with Gasteiger partial charge in [0.05, 0.1) is 6.20 Å². The molecule has 0 spiro atoms. The van der Waals surface area contributed by atoms with Crippen molar-refractivity contribution >= 4 is 34.0 Å². The van der Waals surface area contributed by atoms with Crippen LogP contribution in [0.4, 0.5) is 0 Å². The molecule has 0 radical (unpaired) electrons. The minimum Gasteiger partial charge on any atom is -0.492 e. The van der Waals surface area contributed by atoms with Gasteiger partial charge in [0, 0.05) is 36.3 Å². The predicted octanol–water partition coefficient (Wildman–Crippen LogP) is 4.16. The molecule has 1 fully saturated rings. The fourth-order valence-electron chi connectivity index (χ4n) is 5.16. The van der Waals surface area contributed by atoms with Crippen molar-refractivity contribution < 1.29 is 13.2 Å². The summed E-state index contributed by atoms with van der Waals surface area (Å²) in [4.78, 5) is 0.144. The van der Waals surface area contributed by atoms with E-state index in [0.29, 0.717) is 0 Å². The molecule has 0 amide bonds. The van der Waals surface area contributed by atoms with Crippen LogP contribution in [0.25, 0.3) is 0 Å². The Balaban J connectivity index is 0.00000289. The number of nitrogens with zero attached hydrogens (tertiary/aromatic N) is 2. The minimum absolute atomic E-state index is 0. The van der Waals surface area contributed by atoms with Crippen LogP contribution in [0.2, 0.25) is 5.02 Å². The largest absolute Gasteiger partial charge is 0.492 e. The normalized spacial score (nSPS) is 18.7. The summed E-state index contributed by atoms with van der Waals surface area (Å²) < 4.78 is 34.7. The number of hydrogen-bond acceptors (Lipinski definition) is 5. The second kappa shape index (κ2) is 10.5. The maximum absolute atomic E-state index is 12.4. The highest BCUT2D eigenvalue weighted by molar-refractivity contribution is 7.89. The number of aromatic nitrogens is 2. The van der Waals surface area contributed by atoms with Crippen LogP contribution < -0.4 is 14.8 Å². The van der Waals surface area contributed by atoms with Crippen LogP contribution in [0.1, 0.15) is 42.0 Å². The van der Waals surface area contributed by atoms with Gasteiger partial charge in [0.1, 0.15) is 17.3 Å². The summed E-state index contributed by atoms with van der Waals surface area (Å²) in [7, 11) is -1.92. The molecule has 2 N–H and O–H groups in total. The van der Waals surface area contributed by atoms with E-state index >= 15 is 0 Å². The number of fused-ring (bicyclic) bond motifs is 1. The molecule has 1 aliphatic heterocycles. The monoisotopic (exact) mass is 536 g/mol. The average molecular weight is 538 g/mol. The fraction of sp³-hybridized carbons (Fsp3) is 0.400. The van der Waals surface area contributed by atoms with E-state index in [-0.39, 0.29) is 41.9 Å². The third-order valence-corrected chi connectivity index (χ3v) is 8.71. The molecule has 2 heterocycles. The first-order valence-corrected chi connectivity index (χ1v) is 13.5. The summed E-state index contributed by atoms with van der Waals surface area (Å²) in [5.74, 6) is 0.749. The molecule has 7 nitrogen and oxygen atoms in total. The maximum Gasteiger partial charge on any atom is 0.243 e. The zero-order valence-electron chi connectivity index (χ0n) is 19.5. The maximum atomic E-state index is 12.4. The fourth-order valence-corrected chi connectivity index (χ4v) is 6.28. The summed E-state index contributed by atoms with van der Waals surface area (Å²) in [6.07, 6.45) is 7.25. The quantitative estimate of drug-likeness (QED) is 0.422. The average Bonchev–Trinajstić information content (AvgIpc) is 3.25. The number of benzene rings is 2. The molecule has 1 aromatic heterocycles. The van der Waals surface area contributed by atoms with E-state index in [4.69, 9.17) is 16.3 Å². The van der Waals surface area contributed by atoms with E-state index in [2.05, 4.69) is 39.4 Å². The Kier molecular flexibility index (Phi) is 7.78. The molecule has 10 heteroatoms. The van der Waals surface area contributed by atoms with Crippen LogP contribution in [-0.4, -0.2) is 37.9 Å². The molecule has 188 valence electrons. The van der Waals surface area contributed by atoms with Gasteiger partial charge < -0.3 is 10.1 Å². The topological polar surface area (TPSA) is 85.2 Å². The van der Waals surface area contributed by atoms with Crippen molar-refractivity contribution in [2.45, 2.75) is 42.0 Å². The van der Waals surface area contributed by atoms with Gasteiger partial charge in [0.2, 0.25) is 10.0 Å². The molecule has 1 saturated carbocycles. The second-order valence-electron chi connectivity index (χ2n) is 9.11. The Morgan fingerprint density at radius 2 is 2.00 bits per heavy atom. The van der Waals surface area contributed by atoms with Crippen molar-refractivity contribution in [3.8, 4) is 5.75 Å². The molecule has 1 aliphatic carbocycles. The van der Waals surface area contributed by atoms with Gasteiger partial charge >= 0.3 is 0 Å². The molecular formula is C25H30Cl2N4O3S. The lowest BCUT2D eigenvalue weighted by molar-refractivity contribution is 0.164. The molecule has 35 heavy (non-hydrogen) atoms. The first-order valence-electron chi connectivity index (χ1n) is 11.6. The number of nitrogens with one attached hydrogen (secondary N) is 2. The number of rotatable bonds is 8. The highest BCUT2D eigenvalue weighted by Crippen LogP contribution is 2.53. The third-order valence-electron chi connectivity index (χ3n) is 7.04. The molecule has 0 saturated heterocycles. The third kappa shape index (κ3) is 5.22. The number of hydrogen-bond donors (Lipinski definition) is 2. The standard InChI is InChI=1S/C25H29ClN4O3S.ClH/c1-30-17-22(16-28-30)34(31,32)29-13-14-33-21-8-3-18-9-12-27-24(23(18)15-21)25(10-2-11-25)19-4-6-20(26)7-5-19;/h3-8,15-17,24,27,29H,2,9-14H2,1H3;1H. The SMILES string of the molecule is Cl.Cn1cc(S(=O)(=O)NCCOc2ccc3c(c2)C(C2(c4ccc(Cl)cc4)CCC2)NCC3)cn1. The van der Waals surface area contributed by atoms with Crippen molar-refractivity contribution in [3.05, 3.63) is 76.6 Å². The van der Waals surface area contributed by atoms with Crippen LogP contribution in [0.15, 0.2) is 59.8 Å². The zero-order chi connectivity index (χ0) is 23.8. The summed E-state index contributed by atoms with van der Waals surface area (Å²) in [6, 6.07) is 14.7. The second-order valence-corrected chi connectivity index (χ2v) is 11.3. The predicted molar refractivity (Wildman–Crippen MR) is 139 cm³/mol. The van der Waals surface area contributed by atoms with E-state index in [0.717, 1.165) is 36.6 Å². The molecule has 0 bridgehead atoms.